The molecule has 3 amide bonds. The molecule has 0 aliphatic carbocycles. The van der Waals surface area contributed by atoms with Gasteiger partial charge in [0, 0.05) is 11.7 Å². The molecule has 0 aliphatic rings. The number of ether oxygens (including phenoxy) is 2. The van der Waals surface area contributed by atoms with Crippen LogP contribution in [0.5, 0.6) is 11.5 Å². The van der Waals surface area contributed by atoms with Crippen molar-refractivity contribution in [1.82, 2.24) is 10.7 Å². The second-order valence-electron chi connectivity index (χ2n) is 7.55. The van der Waals surface area contributed by atoms with Crippen LogP contribution in [0.15, 0.2) is 41.5 Å². The Morgan fingerprint density at radius 1 is 1.06 bits per heavy atom. The van der Waals surface area contributed by atoms with Gasteiger partial charge >= 0.3 is 11.8 Å². The first-order valence-electron chi connectivity index (χ1n) is 10.5. The maximum atomic E-state index is 12.3. The molecule has 0 unspecified atom stereocenters. The van der Waals surface area contributed by atoms with Gasteiger partial charge in [0.25, 0.3) is 5.91 Å². The van der Waals surface area contributed by atoms with Crippen molar-refractivity contribution in [2.24, 2.45) is 5.10 Å². The second-order valence-corrected chi connectivity index (χ2v) is 7.55. The molecule has 2 rings (SSSR count). The van der Waals surface area contributed by atoms with E-state index in [4.69, 9.17) is 9.47 Å². The maximum Gasteiger partial charge on any atom is 0.329 e. The third kappa shape index (κ3) is 7.95. The van der Waals surface area contributed by atoms with E-state index in [-0.39, 0.29) is 18.6 Å². The number of hydrogen-bond acceptors (Lipinski definition) is 6. The van der Waals surface area contributed by atoms with Crippen LogP contribution in [0, 0.1) is 13.8 Å². The minimum atomic E-state index is -0.853. The van der Waals surface area contributed by atoms with Crippen molar-refractivity contribution in [3.63, 3.8) is 0 Å². The highest BCUT2D eigenvalue weighted by Crippen LogP contribution is 2.27. The third-order valence-electron chi connectivity index (χ3n) is 4.78. The fourth-order valence-electron chi connectivity index (χ4n) is 2.77. The molecule has 0 radical (unpaired) electrons. The zero-order valence-corrected chi connectivity index (χ0v) is 19.5. The van der Waals surface area contributed by atoms with Crippen LogP contribution in [0.25, 0.3) is 0 Å². The molecule has 0 fully saturated rings. The van der Waals surface area contributed by atoms with Crippen molar-refractivity contribution >= 4 is 29.6 Å². The van der Waals surface area contributed by atoms with Gasteiger partial charge in [0.2, 0.25) is 0 Å². The van der Waals surface area contributed by atoms with E-state index in [1.165, 1.54) is 13.3 Å². The van der Waals surface area contributed by atoms with E-state index in [0.29, 0.717) is 23.5 Å². The molecular formula is C24H30N4O5. The molecule has 1 atom stereocenters. The van der Waals surface area contributed by atoms with Crippen LogP contribution in [0.1, 0.15) is 37.0 Å². The van der Waals surface area contributed by atoms with Gasteiger partial charge in [-0.3, -0.25) is 14.4 Å². The molecule has 0 spiro atoms. The summed E-state index contributed by atoms with van der Waals surface area (Å²) >= 11 is 0. The van der Waals surface area contributed by atoms with Crippen LogP contribution in [0.2, 0.25) is 0 Å². The average molecular weight is 455 g/mol. The van der Waals surface area contributed by atoms with E-state index in [1.54, 1.807) is 25.1 Å². The lowest BCUT2D eigenvalue weighted by Gasteiger charge is -2.12. The maximum absolute atomic E-state index is 12.3. The molecule has 0 aromatic heterocycles. The predicted molar refractivity (Wildman–Crippen MR) is 127 cm³/mol. The minimum Gasteiger partial charge on any atom is -0.493 e. The number of nitrogens with zero attached hydrogens (tertiary/aromatic N) is 1. The van der Waals surface area contributed by atoms with Crippen LogP contribution >= 0.6 is 0 Å². The Balaban J connectivity index is 1.93. The number of hydrazone groups is 1. The summed E-state index contributed by atoms with van der Waals surface area (Å²) in [4.78, 5) is 35.7. The summed E-state index contributed by atoms with van der Waals surface area (Å²) in [5.74, 6) is -1.13. The van der Waals surface area contributed by atoms with Crippen molar-refractivity contribution in [2.45, 2.75) is 40.2 Å². The molecule has 2 aromatic rings. The van der Waals surface area contributed by atoms with Gasteiger partial charge in [0.15, 0.2) is 18.1 Å². The number of methoxy groups -OCH3 is 1. The van der Waals surface area contributed by atoms with Gasteiger partial charge in [-0.15, -0.1) is 0 Å². The Morgan fingerprint density at radius 2 is 1.82 bits per heavy atom. The highest BCUT2D eigenvalue weighted by molar-refractivity contribution is 6.35. The Kier molecular flexibility index (Phi) is 9.41. The minimum absolute atomic E-state index is 0.105. The number of nitrogens with one attached hydrogen (secondary N) is 3. The first-order chi connectivity index (χ1) is 15.7. The molecule has 0 heterocycles. The summed E-state index contributed by atoms with van der Waals surface area (Å²) in [5, 5.41) is 9.16. The van der Waals surface area contributed by atoms with E-state index in [1.807, 2.05) is 39.0 Å². The van der Waals surface area contributed by atoms with E-state index >= 15 is 0 Å². The van der Waals surface area contributed by atoms with Crippen LogP contribution in [0.3, 0.4) is 0 Å². The van der Waals surface area contributed by atoms with Crippen LogP contribution in [-0.4, -0.2) is 43.7 Å². The van der Waals surface area contributed by atoms with Gasteiger partial charge in [-0.05, 0) is 62.6 Å². The van der Waals surface area contributed by atoms with Gasteiger partial charge in [0.1, 0.15) is 0 Å². The summed E-state index contributed by atoms with van der Waals surface area (Å²) in [5.41, 5.74) is 5.59. The third-order valence-corrected chi connectivity index (χ3v) is 4.78. The molecule has 3 N–H and O–H groups in total. The summed E-state index contributed by atoms with van der Waals surface area (Å²) in [6.45, 7) is 7.42. The predicted octanol–water partition coefficient (Wildman–Crippen LogP) is 2.69. The Labute approximate surface area is 193 Å². The Hall–Kier alpha value is -3.88. The van der Waals surface area contributed by atoms with Gasteiger partial charge in [0.05, 0.1) is 13.3 Å². The highest BCUT2D eigenvalue weighted by Gasteiger charge is 2.14. The van der Waals surface area contributed by atoms with Gasteiger partial charge in [-0.25, -0.2) is 5.43 Å². The van der Waals surface area contributed by atoms with E-state index in [9.17, 15) is 14.4 Å². The summed E-state index contributed by atoms with van der Waals surface area (Å²) in [6.07, 6.45) is 2.08. The van der Waals surface area contributed by atoms with Gasteiger partial charge in [-0.1, -0.05) is 24.6 Å². The van der Waals surface area contributed by atoms with Gasteiger partial charge in [-0.2, -0.15) is 5.10 Å². The molecule has 2 aromatic carbocycles. The summed E-state index contributed by atoms with van der Waals surface area (Å²) < 4.78 is 10.9. The first kappa shape index (κ1) is 25.4. The molecular weight excluding hydrogens is 424 g/mol. The lowest BCUT2D eigenvalue weighted by atomic mass is 10.1. The van der Waals surface area contributed by atoms with Crippen molar-refractivity contribution in [3.8, 4) is 11.5 Å². The lowest BCUT2D eigenvalue weighted by Crippen LogP contribution is -2.41. The molecule has 9 nitrogen and oxygen atoms in total. The smallest absolute Gasteiger partial charge is 0.329 e. The van der Waals surface area contributed by atoms with Crippen LogP contribution in [-0.2, 0) is 14.4 Å². The van der Waals surface area contributed by atoms with Crippen LogP contribution < -0.4 is 25.5 Å². The average Bonchev–Trinajstić information content (AvgIpc) is 2.79. The normalized spacial score (nSPS) is 11.5. The number of carbonyl (C=O) groups is 3. The number of amides is 3. The molecule has 0 bridgehead atoms. The van der Waals surface area contributed by atoms with Crippen molar-refractivity contribution < 1.29 is 23.9 Å². The van der Waals surface area contributed by atoms with E-state index in [0.717, 1.165) is 16.8 Å². The zero-order valence-electron chi connectivity index (χ0n) is 19.5. The molecule has 9 heteroatoms. The van der Waals surface area contributed by atoms with E-state index in [2.05, 4.69) is 21.2 Å². The Morgan fingerprint density at radius 3 is 2.48 bits per heavy atom. The highest BCUT2D eigenvalue weighted by atomic mass is 16.5. The number of aryl methyl sites for hydroxylation is 2. The molecule has 0 saturated heterocycles. The van der Waals surface area contributed by atoms with Crippen molar-refractivity contribution in [2.75, 3.05) is 19.0 Å². The number of carbonyl (C=O) groups excluding carboxylic acids is 3. The van der Waals surface area contributed by atoms with E-state index < -0.39 is 11.8 Å². The number of hydrogen-bond donors (Lipinski definition) is 3. The van der Waals surface area contributed by atoms with Crippen molar-refractivity contribution in [1.29, 1.82) is 0 Å². The topological polar surface area (TPSA) is 118 Å². The monoisotopic (exact) mass is 454 g/mol. The summed E-state index contributed by atoms with van der Waals surface area (Å²) in [6, 6.07) is 10.6. The number of rotatable bonds is 9. The van der Waals surface area contributed by atoms with Gasteiger partial charge < -0.3 is 20.1 Å². The first-order valence-corrected chi connectivity index (χ1v) is 10.5. The largest absolute Gasteiger partial charge is 0.493 e. The molecule has 0 aliphatic heterocycles. The molecule has 33 heavy (non-hydrogen) atoms. The standard InChI is InChI=1S/C24H30N4O5/c1-6-17(4)26-23(30)24(31)28-25-13-18-8-10-20(21(12-18)32-5)33-14-22(29)27-19-9-7-15(2)11-16(19)3/h7-13,17H,6,14H2,1-5H3,(H,26,30)(H,27,29)(H,28,31)/b25-13-/t17-/m1/s1. The zero-order chi connectivity index (χ0) is 24.4. The second kappa shape index (κ2) is 12.2. The number of anilines is 1. The fourth-order valence-corrected chi connectivity index (χ4v) is 2.77. The number of benzene rings is 2. The summed E-state index contributed by atoms with van der Waals surface area (Å²) in [7, 11) is 1.47. The lowest BCUT2D eigenvalue weighted by molar-refractivity contribution is -0.139. The molecule has 0 saturated carbocycles. The molecule has 176 valence electrons. The Bertz CT molecular complexity index is 1040. The SMILES string of the molecule is CC[C@@H](C)NC(=O)C(=O)N/N=C\c1ccc(OCC(=O)Nc2ccc(C)cc2C)c(OC)c1. The fraction of sp³-hybridized carbons (Fsp3) is 0.333. The quantitative estimate of drug-likeness (QED) is 0.306. The van der Waals surface area contributed by atoms with Crippen LogP contribution in [0.4, 0.5) is 5.69 Å². The van der Waals surface area contributed by atoms with Crippen molar-refractivity contribution in [3.05, 3.63) is 53.1 Å².